The fourth-order valence-corrected chi connectivity index (χ4v) is 4.32. The Hall–Kier alpha value is -4.10. The van der Waals surface area contributed by atoms with Crippen LogP contribution in [0.1, 0.15) is 12.5 Å². The van der Waals surface area contributed by atoms with Gasteiger partial charge in [-0.25, -0.2) is 9.67 Å². The molecular formula is C27H22N4O2S. The molecule has 3 aromatic carbocycles. The molecule has 0 atom stereocenters. The number of aliphatic imine (C=N–C) groups is 1. The normalized spacial score (nSPS) is 15.6. The number of nitrogens with one attached hydrogen (secondary N) is 1. The highest BCUT2D eigenvalue weighted by atomic mass is 32.2. The highest BCUT2D eigenvalue weighted by molar-refractivity contribution is 8.18. The largest absolute Gasteiger partial charge is 0.494 e. The van der Waals surface area contributed by atoms with Crippen molar-refractivity contribution in [3.8, 4) is 22.7 Å². The molecule has 34 heavy (non-hydrogen) atoms. The fourth-order valence-electron chi connectivity index (χ4n) is 3.59. The van der Waals surface area contributed by atoms with Gasteiger partial charge in [0.15, 0.2) is 0 Å². The number of hydrogen-bond acceptors (Lipinski definition) is 5. The van der Waals surface area contributed by atoms with E-state index in [0.717, 1.165) is 50.6 Å². The van der Waals surface area contributed by atoms with Crippen molar-refractivity contribution >= 4 is 34.6 Å². The molecule has 0 saturated carbocycles. The molecule has 1 saturated heterocycles. The Bertz CT molecular complexity index is 1360. The molecule has 1 aromatic heterocycles. The zero-order valence-electron chi connectivity index (χ0n) is 18.5. The molecule has 1 amide bonds. The quantitative estimate of drug-likeness (QED) is 0.354. The van der Waals surface area contributed by atoms with E-state index in [1.54, 1.807) is 0 Å². The van der Waals surface area contributed by atoms with Gasteiger partial charge in [-0.05, 0) is 61.2 Å². The van der Waals surface area contributed by atoms with Crippen LogP contribution in [0.5, 0.6) is 5.75 Å². The summed E-state index contributed by atoms with van der Waals surface area (Å²) < 4.78 is 7.35. The van der Waals surface area contributed by atoms with E-state index in [4.69, 9.17) is 9.84 Å². The summed E-state index contributed by atoms with van der Waals surface area (Å²) in [5.74, 6) is 1.30. The van der Waals surface area contributed by atoms with Gasteiger partial charge in [0, 0.05) is 17.3 Å². The molecule has 1 aliphatic heterocycles. The summed E-state index contributed by atoms with van der Waals surface area (Å²) in [4.78, 5) is 17.7. The molecule has 168 valence electrons. The Kier molecular flexibility index (Phi) is 6.27. The number of aromatic nitrogens is 2. The van der Waals surface area contributed by atoms with Gasteiger partial charge in [0.2, 0.25) is 0 Å². The number of para-hydroxylation sites is 1. The zero-order chi connectivity index (χ0) is 23.3. The topological polar surface area (TPSA) is 68.5 Å². The second-order valence-electron chi connectivity index (χ2n) is 7.49. The minimum Gasteiger partial charge on any atom is -0.494 e. The zero-order valence-corrected chi connectivity index (χ0v) is 19.3. The number of thioether (sulfide) groups is 1. The summed E-state index contributed by atoms with van der Waals surface area (Å²) in [5.41, 5.74) is 4.42. The molecule has 0 bridgehead atoms. The van der Waals surface area contributed by atoms with Crippen molar-refractivity contribution in [3.05, 3.63) is 102 Å². The third-order valence-electron chi connectivity index (χ3n) is 5.14. The number of hydrogen-bond donors (Lipinski definition) is 1. The maximum atomic E-state index is 12.3. The van der Waals surface area contributed by atoms with Gasteiger partial charge < -0.3 is 10.1 Å². The molecule has 1 N–H and O–H groups in total. The number of amidine groups is 1. The SMILES string of the molecule is CCOc1ccc(N=C2NC(=O)S/C2=C\c2cn(-c3ccccc3)nc2-c2ccccc2)cc1. The number of benzene rings is 3. The maximum absolute atomic E-state index is 12.3. The summed E-state index contributed by atoms with van der Waals surface area (Å²) in [6.07, 6.45) is 3.94. The third-order valence-corrected chi connectivity index (χ3v) is 5.96. The van der Waals surface area contributed by atoms with Crippen molar-refractivity contribution < 1.29 is 9.53 Å². The Morgan fingerprint density at radius 3 is 2.41 bits per heavy atom. The van der Waals surface area contributed by atoms with Crippen molar-refractivity contribution in [2.75, 3.05) is 6.61 Å². The second-order valence-corrected chi connectivity index (χ2v) is 8.50. The lowest BCUT2D eigenvalue weighted by molar-refractivity contribution is 0.265. The van der Waals surface area contributed by atoms with Crippen LogP contribution in [0.2, 0.25) is 0 Å². The second kappa shape index (κ2) is 9.80. The van der Waals surface area contributed by atoms with E-state index < -0.39 is 0 Å². The van der Waals surface area contributed by atoms with Crippen LogP contribution in [0.25, 0.3) is 23.0 Å². The molecule has 0 aliphatic carbocycles. The van der Waals surface area contributed by atoms with Crippen molar-refractivity contribution in [2.24, 2.45) is 4.99 Å². The lowest BCUT2D eigenvalue weighted by atomic mass is 10.1. The van der Waals surface area contributed by atoms with Gasteiger partial charge in [0.25, 0.3) is 5.24 Å². The number of carbonyl (C=O) groups is 1. The Balaban J connectivity index is 1.55. The van der Waals surface area contributed by atoms with Crippen LogP contribution in [0.3, 0.4) is 0 Å². The van der Waals surface area contributed by atoms with Crippen LogP contribution < -0.4 is 10.1 Å². The van der Waals surface area contributed by atoms with Gasteiger partial charge in [-0.1, -0.05) is 48.5 Å². The van der Waals surface area contributed by atoms with Crippen LogP contribution in [0.4, 0.5) is 10.5 Å². The number of amides is 1. The summed E-state index contributed by atoms with van der Waals surface area (Å²) in [5, 5.41) is 7.55. The Morgan fingerprint density at radius 2 is 1.71 bits per heavy atom. The molecule has 7 heteroatoms. The minimum absolute atomic E-state index is 0.160. The van der Waals surface area contributed by atoms with Crippen molar-refractivity contribution in [1.29, 1.82) is 0 Å². The third kappa shape index (κ3) is 4.79. The van der Waals surface area contributed by atoms with E-state index >= 15 is 0 Å². The molecule has 2 heterocycles. The van der Waals surface area contributed by atoms with Crippen molar-refractivity contribution in [1.82, 2.24) is 15.1 Å². The summed E-state index contributed by atoms with van der Waals surface area (Å²) in [7, 11) is 0. The Morgan fingerprint density at radius 1 is 1.00 bits per heavy atom. The summed E-state index contributed by atoms with van der Waals surface area (Å²) >= 11 is 1.13. The molecular weight excluding hydrogens is 444 g/mol. The van der Waals surface area contributed by atoms with E-state index in [0.29, 0.717) is 12.4 Å². The van der Waals surface area contributed by atoms with Gasteiger partial charge >= 0.3 is 0 Å². The lowest BCUT2D eigenvalue weighted by Gasteiger charge is -2.03. The highest BCUT2D eigenvalue weighted by Gasteiger charge is 2.25. The first-order valence-corrected chi connectivity index (χ1v) is 11.7. The molecule has 6 nitrogen and oxygen atoms in total. The minimum atomic E-state index is -0.160. The number of rotatable bonds is 6. The molecule has 0 spiro atoms. The number of carbonyl (C=O) groups excluding carboxylic acids is 1. The maximum Gasteiger partial charge on any atom is 0.289 e. The average molecular weight is 467 g/mol. The summed E-state index contributed by atoms with van der Waals surface area (Å²) in [6.45, 7) is 2.55. The Labute approximate surface area is 202 Å². The van der Waals surface area contributed by atoms with Gasteiger partial charge in [-0.3, -0.25) is 4.79 Å². The highest BCUT2D eigenvalue weighted by Crippen LogP contribution is 2.32. The predicted molar refractivity (Wildman–Crippen MR) is 138 cm³/mol. The first kappa shape index (κ1) is 21.7. The van der Waals surface area contributed by atoms with Gasteiger partial charge in [0.1, 0.15) is 11.6 Å². The predicted octanol–water partition coefficient (Wildman–Crippen LogP) is 6.47. The van der Waals surface area contributed by atoms with Crippen LogP contribution in [-0.4, -0.2) is 27.5 Å². The fraction of sp³-hybridized carbons (Fsp3) is 0.0741. The van der Waals surface area contributed by atoms with E-state index in [9.17, 15) is 4.79 Å². The first-order chi connectivity index (χ1) is 16.7. The number of nitrogens with zero attached hydrogens (tertiary/aromatic N) is 3. The van der Waals surface area contributed by atoms with Crippen molar-refractivity contribution in [2.45, 2.75) is 6.92 Å². The molecule has 0 unspecified atom stereocenters. The molecule has 1 fully saturated rings. The van der Waals surface area contributed by atoms with E-state index in [1.807, 2.05) is 109 Å². The molecule has 0 radical (unpaired) electrons. The molecule has 4 aromatic rings. The van der Waals surface area contributed by atoms with Crippen LogP contribution in [0, 0.1) is 0 Å². The van der Waals surface area contributed by atoms with Gasteiger partial charge in [0.05, 0.1) is 28.6 Å². The van der Waals surface area contributed by atoms with Gasteiger partial charge in [-0.2, -0.15) is 5.10 Å². The van der Waals surface area contributed by atoms with E-state index in [2.05, 4.69) is 10.3 Å². The average Bonchev–Trinajstić information content (AvgIpc) is 3.45. The van der Waals surface area contributed by atoms with E-state index in [-0.39, 0.29) is 5.24 Å². The molecule has 5 rings (SSSR count). The summed E-state index contributed by atoms with van der Waals surface area (Å²) in [6, 6.07) is 27.4. The monoisotopic (exact) mass is 466 g/mol. The van der Waals surface area contributed by atoms with Gasteiger partial charge in [-0.15, -0.1) is 0 Å². The standard InChI is InChI=1S/C27H22N4O2S/c1-2-33-23-15-13-21(14-16-23)28-26-24(34-27(32)29-26)17-20-18-31(22-11-7-4-8-12-22)30-25(20)19-9-5-3-6-10-19/h3-18H,2H2,1H3,(H,28,29,32)/b24-17-. The van der Waals surface area contributed by atoms with Crippen LogP contribution in [-0.2, 0) is 0 Å². The van der Waals surface area contributed by atoms with Crippen molar-refractivity contribution in [3.63, 3.8) is 0 Å². The first-order valence-electron chi connectivity index (χ1n) is 10.9. The number of ether oxygens (including phenoxy) is 1. The smallest absolute Gasteiger partial charge is 0.289 e. The van der Waals surface area contributed by atoms with E-state index in [1.165, 1.54) is 0 Å². The lowest BCUT2D eigenvalue weighted by Crippen LogP contribution is -2.18. The molecule has 1 aliphatic rings. The van der Waals surface area contributed by atoms with Crippen LogP contribution in [0.15, 0.2) is 101 Å². The van der Waals surface area contributed by atoms with Crippen LogP contribution >= 0.6 is 11.8 Å².